The molecule has 0 radical (unpaired) electrons. The van der Waals surface area contributed by atoms with Gasteiger partial charge >= 0.3 is 5.97 Å². The van der Waals surface area contributed by atoms with Crippen LogP contribution in [0.2, 0.25) is 0 Å². The van der Waals surface area contributed by atoms with Gasteiger partial charge in [-0.05, 0) is 25.0 Å². The zero-order chi connectivity index (χ0) is 19.7. The molecule has 4 rings (SSSR count). The Kier molecular flexibility index (Phi) is 4.69. The van der Waals surface area contributed by atoms with Gasteiger partial charge in [0.05, 0.1) is 18.3 Å². The Bertz CT molecular complexity index is 1010. The maximum Gasteiger partial charge on any atom is 0.321 e. The number of hydrogen-bond donors (Lipinski definition) is 1. The molecule has 0 spiro atoms. The molecule has 0 saturated carbocycles. The molecule has 28 heavy (non-hydrogen) atoms. The van der Waals surface area contributed by atoms with Crippen LogP contribution >= 0.6 is 0 Å². The number of hydrogen-bond acceptors (Lipinski definition) is 5. The molecule has 1 aliphatic rings. The quantitative estimate of drug-likeness (QED) is 0.554. The number of rotatable bonds is 4. The second-order valence-electron chi connectivity index (χ2n) is 6.69. The van der Waals surface area contributed by atoms with E-state index >= 15 is 0 Å². The van der Waals surface area contributed by atoms with Crippen LogP contribution in [0.3, 0.4) is 0 Å². The summed E-state index contributed by atoms with van der Waals surface area (Å²) in [6.07, 6.45) is 0. The average molecular weight is 375 g/mol. The van der Waals surface area contributed by atoms with E-state index in [1.807, 2.05) is 67.6 Å². The summed E-state index contributed by atoms with van der Waals surface area (Å²) in [5, 5.41) is 7.83. The highest BCUT2D eigenvalue weighted by atomic mass is 16.5. The number of benzene rings is 2. The molecule has 6 heteroatoms. The first-order chi connectivity index (χ1) is 13.6. The van der Waals surface area contributed by atoms with Gasteiger partial charge in [0.1, 0.15) is 5.82 Å². The van der Waals surface area contributed by atoms with E-state index < -0.39 is 17.9 Å². The van der Waals surface area contributed by atoms with Crippen molar-refractivity contribution in [1.29, 1.82) is 0 Å². The highest BCUT2D eigenvalue weighted by molar-refractivity contribution is 6.04. The monoisotopic (exact) mass is 375 g/mol. The number of esters is 1. The third-order valence-corrected chi connectivity index (χ3v) is 4.92. The lowest BCUT2D eigenvalue weighted by Gasteiger charge is -2.31. The van der Waals surface area contributed by atoms with Gasteiger partial charge in [-0.3, -0.25) is 9.59 Å². The van der Waals surface area contributed by atoms with E-state index in [9.17, 15) is 9.59 Å². The van der Waals surface area contributed by atoms with Gasteiger partial charge in [-0.2, -0.15) is 9.78 Å². The molecule has 2 atom stereocenters. The lowest BCUT2D eigenvalue weighted by Crippen LogP contribution is -2.43. The number of carbonyl (C=O) groups excluding carboxylic acids is 2. The number of aromatic nitrogens is 2. The van der Waals surface area contributed by atoms with Gasteiger partial charge in [0, 0.05) is 5.56 Å². The summed E-state index contributed by atoms with van der Waals surface area (Å²) in [6.45, 7) is 3.80. The van der Waals surface area contributed by atoms with Crippen molar-refractivity contribution in [3.05, 3.63) is 71.9 Å². The Balaban J connectivity index is 1.86. The summed E-state index contributed by atoms with van der Waals surface area (Å²) in [4.78, 5) is 25.9. The third kappa shape index (κ3) is 2.97. The molecule has 1 aliphatic heterocycles. The lowest BCUT2D eigenvalue weighted by atomic mass is 9.90. The number of nitrogens with one attached hydrogen (secondary N) is 1. The minimum atomic E-state index is -1.00. The molecular formula is C22H21N3O3. The van der Waals surface area contributed by atoms with E-state index in [4.69, 9.17) is 4.74 Å². The summed E-state index contributed by atoms with van der Waals surface area (Å²) in [7, 11) is 0. The Labute approximate surface area is 163 Å². The molecule has 142 valence electrons. The fourth-order valence-corrected chi connectivity index (χ4v) is 3.68. The molecule has 2 heterocycles. The van der Waals surface area contributed by atoms with Gasteiger partial charge < -0.3 is 10.1 Å². The molecule has 0 bridgehead atoms. The summed E-state index contributed by atoms with van der Waals surface area (Å²) >= 11 is 0. The van der Waals surface area contributed by atoms with Crippen LogP contribution in [0.15, 0.2) is 60.7 Å². The van der Waals surface area contributed by atoms with Crippen LogP contribution < -0.4 is 5.32 Å². The van der Waals surface area contributed by atoms with Crippen molar-refractivity contribution in [2.45, 2.75) is 19.9 Å². The van der Waals surface area contributed by atoms with E-state index in [1.54, 1.807) is 6.92 Å². The van der Waals surface area contributed by atoms with Crippen LogP contribution in [0.1, 0.15) is 29.0 Å². The highest BCUT2D eigenvalue weighted by Gasteiger charge is 2.44. The fraction of sp³-hybridized carbons (Fsp3) is 0.227. The normalized spacial score (nSPS) is 18.3. The van der Waals surface area contributed by atoms with Crippen molar-refractivity contribution in [2.24, 2.45) is 5.92 Å². The smallest absolute Gasteiger partial charge is 0.321 e. The SMILES string of the molecule is CCOC(=O)[C@H]1C(=O)n2nc(C)c(-c3ccccc3)c2N[C@H]1c1ccccc1. The molecule has 2 aromatic carbocycles. The van der Waals surface area contributed by atoms with Crippen molar-refractivity contribution in [3.63, 3.8) is 0 Å². The molecule has 0 aliphatic carbocycles. The van der Waals surface area contributed by atoms with Crippen LogP contribution in [0.5, 0.6) is 0 Å². The molecule has 0 unspecified atom stereocenters. The summed E-state index contributed by atoms with van der Waals surface area (Å²) in [6, 6.07) is 18.7. The van der Waals surface area contributed by atoms with Gasteiger partial charge in [-0.1, -0.05) is 60.7 Å². The standard InChI is InChI=1S/C22H21N3O3/c1-3-28-22(27)18-19(16-12-8-5-9-13-16)23-20-17(15-10-6-4-7-11-15)14(2)24-25(20)21(18)26/h4-13,18-19,23H,3H2,1-2H3/t18-,19+/m1/s1. The van der Waals surface area contributed by atoms with Crippen molar-refractivity contribution < 1.29 is 14.3 Å². The number of nitrogens with zero attached hydrogens (tertiary/aromatic N) is 2. The first kappa shape index (κ1) is 18.0. The first-order valence-electron chi connectivity index (χ1n) is 9.29. The van der Waals surface area contributed by atoms with Gasteiger partial charge in [0.25, 0.3) is 5.91 Å². The minimum absolute atomic E-state index is 0.213. The van der Waals surface area contributed by atoms with Crippen LogP contribution in [-0.2, 0) is 9.53 Å². The molecular weight excluding hydrogens is 354 g/mol. The highest BCUT2D eigenvalue weighted by Crippen LogP contribution is 2.40. The van der Waals surface area contributed by atoms with E-state index in [-0.39, 0.29) is 12.5 Å². The number of carbonyl (C=O) groups is 2. The van der Waals surface area contributed by atoms with E-state index in [2.05, 4.69) is 10.4 Å². The number of aryl methyl sites for hydroxylation is 1. The zero-order valence-electron chi connectivity index (χ0n) is 15.8. The first-order valence-corrected chi connectivity index (χ1v) is 9.29. The second kappa shape index (κ2) is 7.31. The van der Waals surface area contributed by atoms with E-state index in [0.29, 0.717) is 5.82 Å². The summed E-state index contributed by atoms with van der Waals surface area (Å²) in [5.41, 5.74) is 3.39. The number of anilines is 1. The van der Waals surface area contributed by atoms with Crippen molar-refractivity contribution in [1.82, 2.24) is 9.78 Å². The van der Waals surface area contributed by atoms with Gasteiger partial charge in [0.2, 0.25) is 0 Å². The Morgan fingerprint density at radius 3 is 2.39 bits per heavy atom. The maximum atomic E-state index is 13.3. The molecule has 0 amide bonds. The molecule has 3 aromatic rings. The Morgan fingerprint density at radius 2 is 1.75 bits per heavy atom. The van der Waals surface area contributed by atoms with E-state index in [0.717, 1.165) is 22.4 Å². The minimum Gasteiger partial charge on any atom is -0.465 e. The maximum absolute atomic E-state index is 13.3. The third-order valence-electron chi connectivity index (χ3n) is 4.92. The van der Waals surface area contributed by atoms with Gasteiger partial charge in [0.15, 0.2) is 5.92 Å². The Morgan fingerprint density at radius 1 is 1.11 bits per heavy atom. The second-order valence-corrected chi connectivity index (χ2v) is 6.69. The summed E-state index contributed by atoms with van der Waals surface area (Å²) in [5.74, 6) is -1.33. The van der Waals surface area contributed by atoms with Crippen LogP contribution in [0.4, 0.5) is 5.82 Å². The number of ether oxygens (including phenoxy) is 1. The van der Waals surface area contributed by atoms with Crippen molar-refractivity contribution in [2.75, 3.05) is 11.9 Å². The summed E-state index contributed by atoms with van der Waals surface area (Å²) < 4.78 is 6.50. The van der Waals surface area contributed by atoms with Crippen LogP contribution in [0.25, 0.3) is 11.1 Å². The lowest BCUT2D eigenvalue weighted by molar-refractivity contribution is -0.147. The predicted octanol–water partition coefficient (Wildman–Crippen LogP) is 3.84. The fourth-order valence-electron chi connectivity index (χ4n) is 3.68. The predicted molar refractivity (Wildman–Crippen MR) is 106 cm³/mol. The van der Waals surface area contributed by atoms with E-state index in [1.165, 1.54) is 4.68 Å². The van der Waals surface area contributed by atoms with Gasteiger partial charge in [-0.15, -0.1) is 0 Å². The zero-order valence-corrected chi connectivity index (χ0v) is 15.8. The average Bonchev–Trinajstić information content (AvgIpc) is 3.05. The van der Waals surface area contributed by atoms with Gasteiger partial charge in [-0.25, -0.2) is 0 Å². The molecule has 0 saturated heterocycles. The van der Waals surface area contributed by atoms with Crippen LogP contribution in [0, 0.1) is 12.8 Å². The number of fused-ring (bicyclic) bond motifs is 1. The largest absolute Gasteiger partial charge is 0.465 e. The van der Waals surface area contributed by atoms with Crippen molar-refractivity contribution >= 4 is 17.7 Å². The molecule has 6 nitrogen and oxygen atoms in total. The molecule has 0 fully saturated rings. The van der Waals surface area contributed by atoms with Crippen LogP contribution in [-0.4, -0.2) is 28.3 Å². The molecule has 1 aromatic heterocycles. The van der Waals surface area contributed by atoms with Crippen molar-refractivity contribution in [3.8, 4) is 11.1 Å². The Hall–Kier alpha value is -3.41. The topological polar surface area (TPSA) is 73.2 Å². The molecule has 1 N–H and O–H groups in total.